The highest BCUT2D eigenvalue weighted by molar-refractivity contribution is 6.47. The molecule has 0 atom stereocenters. The molecule has 0 saturated carbocycles. The number of hydrazone groups is 1. The Labute approximate surface area is 181 Å². The summed E-state index contributed by atoms with van der Waals surface area (Å²) < 4.78 is 0. The van der Waals surface area contributed by atoms with Crippen molar-refractivity contribution in [2.45, 2.75) is 6.92 Å². The molecule has 3 N–H and O–H groups in total. The van der Waals surface area contributed by atoms with E-state index in [1.165, 1.54) is 6.08 Å². The summed E-state index contributed by atoms with van der Waals surface area (Å²) in [4.78, 5) is 19.3. The van der Waals surface area contributed by atoms with E-state index < -0.39 is 0 Å². The Bertz CT molecular complexity index is 1090. The number of aromatic nitrogens is 3. The van der Waals surface area contributed by atoms with Crippen LogP contribution in [-0.4, -0.2) is 65.0 Å². The number of allylic oxidation sites excluding steroid dienone is 2. The van der Waals surface area contributed by atoms with Gasteiger partial charge < -0.3 is 15.5 Å². The first kappa shape index (κ1) is 22.0. The molecule has 2 aromatic heterocycles. The van der Waals surface area contributed by atoms with Crippen molar-refractivity contribution in [3.63, 3.8) is 0 Å². The van der Waals surface area contributed by atoms with Gasteiger partial charge in [-0.3, -0.25) is 19.9 Å². The topological polar surface area (TPSA) is 102 Å². The molecular weight excluding hydrogens is 392 g/mol. The number of nitrogens with one attached hydrogen (secondary N) is 3. The van der Waals surface area contributed by atoms with Crippen LogP contribution in [0.25, 0.3) is 12.7 Å². The van der Waals surface area contributed by atoms with Crippen LogP contribution in [0.5, 0.6) is 0 Å². The van der Waals surface area contributed by atoms with E-state index in [-0.39, 0.29) is 11.6 Å². The first-order valence-electron chi connectivity index (χ1n) is 10.0. The van der Waals surface area contributed by atoms with Crippen molar-refractivity contribution in [3.8, 4) is 0 Å². The molecule has 2 aromatic rings. The number of carbonyl (C=O) groups is 1. The van der Waals surface area contributed by atoms with Crippen molar-refractivity contribution in [1.29, 1.82) is 0 Å². The zero-order valence-corrected chi connectivity index (χ0v) is 17.9. The van der Waals surface area contributed by atoms with Crippen LogP contribution in [-0.2, 0) is 4.79 Å². The number of hydrogen-bond acceptors (Lipinski definition) is 7. The molecule has 0 bridgehead atoms. The maximum atomic E-state index is 12.9. The third-order valence-corrected chi connectivity index (χ3v) is 4.94. The summed E-state index contributed by atoms with van der Waals surface area (Å²) >= 11 is 0. The van der Waals surface area contributed by atoms with Gasteiger partial charge in [-0.05, 0) is 31.2 Å². The smallest absolute Gasteiger partial charge is 0.276 e. The standard InChI is InChI=1S/C22H28N8O/c1-5-18(28-29(4)17(3)6-7-19-16(2)14-25-27-19)22(31)26-20-15-24-9-8-21(20)30-12-10-23-11-13-30/h5-9,14-15,23,27H,1-2,10-13H2,3-4H3,(H,26,31)/b17-6+,19-7+,28-18+. The van der Waals surface area contributed by atoms with Crippen molar-refractivity contribution in [2.75, 3.05) is 43.4 Å². The van der Waals surface area contributed by atoms with E-state index in [9.17, 15) is 4.79 Å². The number of pyridine rings is 1. The first-order chi connectivity index (χ1) is 15.0. The fourth-order valence-electron chi connectivity index (χ4n) is 3.05. The number of hydrogen-bond donors (Lipinski definition) is 3. The lowest BCUT2D eigenvalue weighted by atomic mass is 10.2. The molecule has 1 fully saturated rings. The first-order valence-corrected chi connectivity index (χ1v) is 10.0. The SMILES string of the molecule is C=C/C(=N\N(C)/C(C)=C/C=c1/[nH]ncc1=C)C(=O)Nc1cnccc1N1CCNCC1. The van der Waals surface area contributed by atoms with Crippen molar-refractivity contribution < 1.29 is 4.79 Å². The third kappa shape index (κ3) is 5.67. The number of aromatic amines is 1. The van der Waals surface area contributed by atoms with Gasteiger partial charge in [0.1, 0.15) is 5.71 Å². The van der Waals surface area contributed by atoms with Crippen molar-refractivity contribution in [2.24, 2.45) is 5.10 Å². The maximum absolute atomic E-state index is 12.9. The van der Waals surface area contributed by atoms with E-state index >= 15 is 0 Å². The van der Waals surface area contributed by atoms with Gasteiger partial charge in [-0.15, -0.1) is 0 Å². The van der Waals surface area contributed by atoms with Gasteiger partial charge in [-0.25, -0.2) is 0 Å². The van der Waals surface area contributed by atoms with E-state index in [0.717, 1.165) is 48.1 Å². The lowest BCUT2D eigenvalue weighted by molar-refractivity contribution is -0.110. The summed E-state index contributed by atoms with van der Waals surface area (Å²) in [6, 6.07) is 1.91. The molecule has 9 nitrogen and oxygen atoms in total. The van der Waals surface area contributed by atoms with Gasteiger partial charge in [0.2, 0.25) is 0 Å². The Morgan fingerprint density at radius 2 is 2.13 bits per heavy atom. The molecule has 162 valence electrons. The summed E-state index contributed by atoms with van der Waals surface area (Å²) in [5, 5.41) is 20.7. The average molecular weight is 421 g/mol. The van der Waals surface area contributed by atoms with Crippen molar-refractivity contribution in [1.82, 2.24) is 25.5 Å². The molecule has 0 spiro atoms. The molecule has 1 aliphatic rings. The second kappa shape index (κ2) is 10.4. The molecule has 0 unspecified atom stereocenters. The Morgan fingerprint density at radius 1 is 1.35 bits per heavy atom. The zero-order valence-electron chi connectivity index (χ0n) is 17.9. The van der Waals surface area contributed by atoms with Crippen LogP contribution in [0.2, 0.25) is 0 Å². The van der Waals surface area contributed by atoms with E-state index in [0.29, 0.717) is 5.69 Å². The molecule has 1 aliphatic heterocycles. The molecule has 0 aromatic carbocycles. The van der Waals surface area contributed by atoms with E-state index in [1.807, 2.05) is 25.1 Å². The van der Waals surface area contributed by atoms with Gasteiger partial charge in [-0.2, -0.15) is 10.2 Å². The van der Waals surface area contributed by atoms with Crippen LogP contribution in [0.15, 0.2) is 54.2 Å². The maximum Gasteiger partial charge on any atom is 0.276 e. The van der Waals surface area contributed by atoms with Crippen molar-refractivity contribution >= 4 is 35.6 Å². The second-order valence-electron chi connectivity index (χ2n) is 7.08. The van der Waals surface area contributed by atoms with Crippen LogP contribution in [0.3, 0.4) is 0 Å². The fourth-order valence-corrected chi connectivity index (χ4v) is 3.05. The van der Waals surface area contributed by atoms with Crippen LogP contribution in [0.4, 0.5) is 11.4 Å². The Hall–Kier alpha value is -3.72. The molecule has 3 heterocycles. The van der Waals surface area contributed by atoms with Gasteiger partial charge in [0.25, 0.3) is 5.91 Å². The lowest BCUT2D eigenvalue weighted by Crippen LogP contribution is -2.43. The summed E-state index contributed by atoms with van der Waals surface area (Å²) in [5.74, 6) is -0.350. The average Bonchev–Trinajstić information content (AvgIpc) is 3.21. The molecule has 1 saturated heterocycles. The van der Waals surface area contributed by atoms with Gasteiger partial charge in [0, 0.05) is 50.3 Å². The highest BCUT2D eigenvalue weighted by Gasteiger charge is 2.17. The number of amides is 1. The quantitative estimate of drug-likeness (QED) is 0.443. The summed E-state index contributed by atoms with van der Waals surface area (Å²) in [6.45, 7) is 13.1. The molecular formula is C22H28N8O. The van der Waals surface area contributed by atoms with Gasteiger partial charge in [-0.1, -0.05) is 13.2 Å². The molecule has 1 amide bonds. The summed E-state index contributed by atoms with van der Waals surface area (Å²) in [6.07, 6.45) is 10.2. The number of rotatable bonds is 7. The Kier molecular flexibility index (Phi) is 7.34. The second-order valence-corrected chi connectivity index (χ2v) is 7.08. The number of carbonyl (C=O) groups excluding carboxylic acids is 1. The molecule has 31 heavy (non-hydrogen) atoms. The highest BCUT2D eigenvalue weighted by atomic mass is 16.2. The number of H-pyrrole nitrogens is 1. The lowest BCUT2D eigenvalue weighted by Gasteiger charge is -2.30. The van der Waals surface area contributed by atoms with Gasteiger partial charge in [0.15, 0.2) is 0 Å². The number of piperazine rings is 1. The molecule has 0 radical (unpaired) electrons. The Balaban J connectivity index is 1.76. The minimum atomic E-state index is -0.350. The largest absolute Gasteiger partial charge is 0.367 e. The predicted molar refractivity (Wildman–Crippen MR) is 125 cm³/mol. The summed E-state index contributed by atoms with van der Waals surface area (Å²) in [5.41, 5.74) is 2.61. The number of nitrogens with zero attached hydrogens (tertiary/aromatic N) is 5. The van der Waals surface area contributed by atoms with Crippen LogP contribution >= 0.6 is 0 Å². The monoisotopic (exact) mass is 420 g/mol. The van der Waals surface area contributed by atoms with Crippen LogP contribution in [0.1, 0.15) is 6.92 Å². The van der Waals surface area contributed by atoms with Crippen molar-refractivity contribution in [3.05, 3.63) is 59.7 Å². The Morgan fingerprint density at radius 3 is 2.81 bits per heavy atom. The van der Waals surface area contributed by atoms with Crippen LogP contribution in [0, 0.1) is 0 Å². The van der Waals surface area contributed by atoms with E-state index in [4.69, 9.17) is 0 Å². The minimum absolute atomic E-state index is 0.199. The van der Waals surface area contributed by atoms with Gasteiger partial charge in [0.05, 0.1) is 29.1 Å². The third-order valence-electron chi connectivity index (χ3n) is 4.94. The van der Waals surface area contributed by atoms with Crippen LogP contribution < -0.4 is 26.1 Å². The summed E-state index contributed by atoms with van der Waals surface area (Å²) in [7, 11) is 1.77. The molecule has 0 aliphatic carbocycles. The predicted octanol–water partition coefficient (Wildman–Crippen LogP) is 0.421. The number of anilines is 2. The normalized spacial score (nSPS) is 15.7. The highest BCUT2D eigenvalue weighted by Crippen LogP contribution is 2.24. The zero-order chi connectivity index (χ0) is 22.2. The molecule has 3 rings (SSSR count). The minimum Gasteiger partial charge on any atom is -0.367 e. The van der Waals surface area contributed by atoms with Gasteiger partial charge >= 0.3 is 0 Å². The fraction of sp³-hybridized carbons (Fsp3) is 0.273. The van der Waals surface area contributed by atoms with E-state index in [1.54, 1.807) is 30.6 Å². The van der Waals surface area contributed by atoms with E-state index in [2.05, 4.69) is 49.0 Å². The molecule has 9 heteroatoms.